The molecule has 0 bridgehead atoms. The lowest BCUT2D eigenvalue weighted by Crippen LogP contribution is -2.34. The van der Waals surface area contributed by atoms with E-state index in [1.165, 1.54) is 13.2 Å². The molecule has 1 heterocycles. The van der Waals surface area contributed by atoms with Crippen LogP contribution in [0, 0.1) is 0 Å². The second-order valence-corrected chi connectivity index (χ2v) is 6.61. The van der Waals surface area contributed by atoms with Gasteiger partial charge in [-0.05, 0) is 26.8 Å². The Morgan fingerprint density at radius 3 is 2.65 bits per heavy atom. The molecule has 1 aromatic heterocycles. The molecule has 0 saturated heterocycles. The highest BCUT2D eigenvalue weighted by molar-refractivity contribution is 5.94. The predicted molar refractivity (Wildman–Crippen MR) is 95.4 cm³/mol. The number of carboxylic acids is 1. The third-order valence-corrected chi connectivity index (χ3v) is 3.40. The van der Waals surface area contributed by atoms with E-state index in [1.54, 1.807) is 50.0 Å². The molecule has 8 heteroatoms. The zero-order chi connectivity index (χ0) is 19.3. The number of para-hydroxylation sites is 1. The van der Waals surface area contributed by atoms with E-state index in [0.29, 0.717) is 18.7 Å². The summed E-state index contributed by atoms with van der Waals surface area (Å²) in [7, 11) is 1.43. The molecular weight excluding hydrogens is 338 g/mol. The van der Waals surface area contributed by atoms with Crippen molar-refractivity contribution in [2.45, 2.75) is 32.9 Å². The third-order valence-electron chi connectivity index (χ3n) is 3.40. The van der Waals surface area contributed by atoms with Gasteiger partial charge in [-0.15, -0.1) is 0 Å². The fourth-order valence-corrected chi connectivity index (χ4v) is 2.36. The second-order valence-electron chi connectivity index (χ2n) is 6.61. The van der Waals surface area contributed by atoms with Crippen molar-refractivity contribution in [3.8, 4) is 16.9 Å². The van der Waals surface area contributed by atoms with Gasteiger partial charge in [0.25, 0.3) is 0 Å². The minimum absolute atomic E-state index is 0.0874. The Morgan fingerprint density at radius 2 is 2.04 bits per heavy atom. The molecule has 0 radical (unpaired) electrons. The van der Waals surface area contributed by atoms with Crippen LogP contribution in [0.2, 0.25) is 0 Å². The lowest BCUT2D eigenvalue weighted by Gasteiger charge is -2.19. The third kappa shape index (κ3) is 4.98. The fraction of sp³-hybridized carbons (Fsp3) is 0.389. The van der Waals surface area contributed by atoms with Gasteiger partial charge in [-0.1, -0.05) is 12.1 Å². The van der Waals surface area contributed by atoms with Crippen LogP contribution in [-0.4, -0.2) is 46.2 Å². The average Bonchev–Trinajstić information content (AvgIpc) is 3.00. The van der Waals surface area contributed by atoms with Gasteiger partial charge in [0.05, 0.1) is 19.9 Å². The van der Waals surface area contributed by atoms with Crippen molar-refractivity contribution in [2.75, 3.05) is 13.7 Å². The molecule has 2 rings (SSSR count). The first-order valence-corrected chi connectivity index (χ1v) is 8.11. The van der Waals surface area contributed by atoms with E-state index in [-0.39, 0.29) is 11.3 Å². The van der Waals surface area contributed by atoms with Crippen LogP contribution in [0.1, 0.15) is 31.1 Å². The first kappa shape index (κ1) is 19.3. The summed E-state index contributed by atoms with van der Waals surface area (Å²) in [5, 5.41) is 16.2. The van der Waals surface area contributed by atoms with Crippen molar-refractivity contribution < 1.29 is 24.2 Å². The fourth-order valence-electron chi connectivity index (χ4n) is 2.36. The number of benzene rings is 1. The summed E-state index contributed by atoms with van der Waals surface area (Å²) in [5.41, 5.74) is 0.902. The number of ether oxygens (including phenoxy) is 2. The number of nitrogens with one attached hydrogen (secondary N) is 1. The van der Waals surface area contributed by atoms with Gasteiger partial charge >= 0.3 is 12.1 Å². The minimum Gasteiger partial charge on any atom is -0.495 e. The summed E-state index contributed by atoms with van der Waals surface area (Å²) < 4.78 is 12.1. The smallest absolute Gasteiger partial charge is 0.407 e. The normalized spacial score (nSPS) is 11.1. The van der Waals surface area contributed by atoms with Crippen LogP contribution < -0.4 is 10.1 Å². The number of hydrogen-bond donors (Lipinski definition) is 2. The van der Waals surface area contributed by atoms with Gasteiger partial charge < -0.3 is 19.9 Å². The van der Waals surface area contributed by atoms with Crippen LogP contribution in [-0.2, 0) is 11.3 Å². The molecule has 0 atom stereocenters. The number of methoxy groups -OCH3 is 1. The summed E-state index contributed by atoms with van der Waals surface area (Å²) >= 11 is 0. The van der Waals surface area contributed by atoms with Crippen molar-refractivity contribution in [3.63, 3.8) is 0 Å². The van der Waals surface area contributed by atoms with Gasteiger partial charge in [0.15, 0.2) is 0 Å². The van der Waals surface area contributed by atoms with Gasteiger partial charge in [0, 0.05) is 23.9 Å². The van der Waals surface area contributed by atoms with E-state index in [2.05, 4.69) is 10.4 Å². The van der Waals surface area contributed by atoms with Crippen molar-refractivity contribution in [1.82, 2.24) is 15.1 Å². The zero-order valence-corrected chi connectivity index (χ0v) is 15.3. The SMILES string of the molecule is COc1c(C(=O)O)cccc1-c1cnn(CCNC(=O)OC(C)(C)C)c1. The highest BCUT2D eigenvalue weighted by Crippen LogP contribution is 2.32. The quantitative estimate of drug-likeness (QED) is 0.820. The number of hydrogen-bond acceptors (Lipinski definition) is 5. The molecule has 2 N–H and O–H groups in total. The molecule has 1 amide bonds. The molecule has 0 aliphatic carbocycles. The number of carboxylic acid groups (broad SMARTS) is 1. The molecule has 0 saturated carbocycles. The maximum Gasteiger partial charge on any atom is 0.407 e. The Labute approximate surface area is 151 Å². The molecule has 140 valence electrons. The van der Waals surface area contributed by atoms with Gasteiger partial charge in [0.2, 0.25) is 0 Å². The van der Waals surface area contributed by atoms with Crippen molar-refractivity contribution in [3.05, 3.63) is 36.2 Å². The highest BCUT2D eigenvalue weighted by atomic mass is 16.6. The molecule has 0 aliphatic rings. The molecular formula is C18H23N3O5. The van der Waals surface area contributed by atoms with Crippen molar-refractivity contribution in [2.24, 2.45) is 0 Å². The molecule has 26 heavy (non-hydrogen) atoms. The lowest BCUT2D eigenvalue weighted by atomic mass is 10.0. The monoisotopic (exact) mass is 361 g/mol. The molecule has 0 aliphatic heterocycles. The number of carbonyl (C=O) groups is 2. The van der Waals surface area contributed by atoms with Crippen LogP contribution >= 0.6 is 0 Å². The van der Waals surface area contributed by atoms with E-state index >= 15 is 0 Å². The summed E-state index contributed by atoms with van der Waals surface area (Å²) in [6.45, 7) is 6.18. The predicted octanol–water partition coefficient (Wildman–Crippen LogP) is 2.78. The molecule has 1 aromatic carbocycles. The summed E-state index contributed by atoms with van der Waals surface area (Å²) in [4.78, 5) is 22.9. The molecule has 0 fully saturated rings. The van der Waals surface area contributed by atoms with Gasteiger partial charge in [0.1, 0.15) is 16.9 Å². The molecule has 8 nitrogen and oxygen atoms in total. The second kappa shape index (κ2) is 7.90. The first-order chi connectivity index (χ1) is 12.2. The Morgan fingerprint density at radius 1 is 1.31 bits per heavy atom. The van der Waals surface area contributed by atoms with Crippen LogP contribution in [0.5, 0.6) is 5.75 Å². The summed E-state index contributed by atoms with van der Waals surface area (Å²) in [5.74, 6) is -0.774. The number of aromatic carboxylic acids is 1. The maximum atomic E-state index is 11.6. The molecule has 0 unspecified atom stereocenters. The van der Waals surface area contributed by atoms with E-state index in [4.69, 9.17) is 9.47 Å². The number of nitrogens with zero attached hydrogens (tertiary/aromatic N) is 2. The largest absolute Gasteiger partial charge is 0.495 e. The van der Waals surface area contributed by atoms with Gasteiger partial charge in [-0.3, -0.25) is 4.68 Å². The topological polar surface area (TPSA) is 103 Å². The van der Waals surface area contributed by atoms with E-state index in [1.807, 2.05) is 0 Å². The lowest BCUT2D eigenvalue weighted by molar-refractivity contribution is 0.0525. The number of amides is 1. The van der Waals surface area contributed by atoms with Gasteiger partial charge in [-0.2, -0.15) is 5.10 Å². The average molecular weight is 361 g/mol. The van der Waals surface area contributed by atoms with Crippen molar-refractivity contribution >= 4 is 12.1 Å². The van der Waals surface area contributed by atoms with Gasteiger partial charge in [-0.25, -0.2) is 9.59 Å². The van der Waals surface area contributed by atoms with Crippen molar-refractivity contribution in [1.29, 1.82) is 0 Å². The maximum absolute atomic E-state index is 11.6. The Kier molecular flexibility index (Phi) is 5.86. The number of alkyl carbamates (subject to hydrolysis) is 1. The van der Waals surface area contributed by atoms with E-state index in [0.717, 1.165) is 5.56 Å². The van der Waals surface area contributed by atoms with E-state index in [9.17, 15) is 14.7 Å². The van der Waals surface area contributed by atoms with Crippen LogP contribution in [0.15, 0.2) is 30.6 Å². The molecule has 2 aromatic rings. The Hall–Kier alpha value is -3.03. The zero-order valence-electron chi connectivity index (χ0n) is 15.3. The number of carbonyl (C=O) groups excluding carboxylic acids is 1. The first-order valence-electron chi connectivity index (χ1n) is 8.11. The Balaban J connectivity index is 2.05. The number of rotatable bonds is 6. The highest BCUT2D eigenvalue weighted by Gasteiger charge is 2.17. The molecule has 0 spiro atoms. The van der Waals surface area contributed by atoms with Crippen LogP contribution in [0.3, 0.4) is 0 Å². The Bertz CT molecular complexity index is 792. The number of aromatic nitrogens is 2. The standard InChI is InChI=1S/C18H23N3O5/c1-18(2,3)26-17(24)19-8-9-21-11-12(10-20-21)13-6-5-7-14(16(22)23)15(13)25-4/h5-7,10-11H,8-9H2,1-4H3,(H,19,24)(H,22,23). The van der Waals surface area contributed by atoms with Crippen LogP contribution in [0.4, 0.5) is 4.79 Å². The summed E-state index contributed by atoms with van der Waals surface area (Å²) in [6, 6.07) is 4.91. The van der Waals surface area contributed by atoms with Crippen LogP contribution in [0.25, 0.3) is 11.1 Å². The summed E-state index contributed by atoms with van der Waals surface area (Å²) in [6.07, 6.45) is 2.90. The van der Waals surface area contributed by atoms with E-state index < -0.39 is 17.7 Å². The minimum atomic E-state index is -1.06.